The van der Waals surface area contributed by atoms with Crippen LogP contribution in [0.1, 0.15) is 100 Å². The van der Waals surface area contributed by atoms with Gasteiger partial charge in [0.15, 0.2) is 0 Å². The van der Waals surface area contributed by atoms with Gasteiger partial charge in [-0.25, -0.2) is 0 Å². The van der Waals surface area contributed by atoms with Crippen LogP contribution >= 0.6 is 0 Å². The van der Waals surface area contributed by atoms with E-state index in [0.29, 0.717) is 17.4 Å². The molecule has 0 atom stereocenters. The Morgan fingerprint density at radius 1 is 0.643 bits per heavy atom. The van der Waals surface area contributed by atoms with Gasteiger partial charge in [0, 0.05) is 5.92 Å². The van der Waals surface area contributed by atoms with Gasteiger partial charge in [-0.1, -0.05) is 77.8 Å². The number of rotatable bonds is 12. The SMILES string of the molecule is CCCCCCCCCC(c1ccc(O)cc1CC)c1ccc(O)cc1CC. The molecule has 0 saturated carbocycles. The first-order valence-corrected chi connectivity index (χ1v) is 11.2. The molecule has 0 unspecified atom stereocenters. The molecule has 2 heteroatoms. The lowest BCUT2D eigenvalue weighted by atomic mass is 9.81. The summed E-state index contributed by atoms with van der Waals surface area (Å²) in [4.78, 5) is 0. The Hall–Kier alpha value is -1.96. The first kappa shape index (κ1) is 22.3. The third-order valence-electron chi connectivity index (χ3n) is 5.86. The summed E-state index contributed by atoms with van der Waals surface area (Å²) in [5, 5.41) is 19.9. The number of hydrogen-bond donors (Lipinski definition) is 2. The zero-order valence-corrected chi connectivity index (χ0v) is 18.0. The maximum absolute atomic E-state index is 9.94. The fourth-order valence-electron chi connectivity index (χ4n) is 4.26. The van der Waals surface area contributed by atoms with Crippen molar-refractivity contribution in [1.29, 1.82) is 0 Å². The molecule has 154 valence electrons. The molecule has 0 fully saturated rings. The number of phenolic OH excluding ortho intramolecular Hbond substituents is 2. The Morgan fingerprint density at radius 3 is 1.57 bits per heavy atom. The molecular weight excluding hydrogens is 344 g/mol. The fourth-order valence-corrected chi connectivity index (χ4v) is 4.26. The highest BCUT2D eigenvalue weighted by atomic mass is 16.3. The molecule has 2 aromatic rings. The molecule has 0 aliphatic heterocycles. The highest BCUT2D eigenvalue weighted by molar-refractivity contribution is 5.46. The van der Waals surface area contributed by atoms with Crippen LogP contribution in [0.3, 0.4) is 0 Å². The predicted molar refractivity (Wildman–Crippen MR) is 119 cm³/mol. The minimum absolute atomic E-state index is 0.321. The second-order valence-electron chi connectivity index (χ2n) is 7.94. The van der Waals surface area contributed by atoms with Crippen LogP contribution in [0.4, 0.5) is 0 Å². The molecule has 0 saturated heterocycles. The molecule has 2 N–H and O–H groups in total. The maximum atomic E-state index is 9.94. The average molecular weight is 383 g/mol. The van der Waals surface area contributed by atoms with Crippen molar-refractivity contribution in [3.63, 3.8) is 0 Å². The van der Waals surface area contributed by atoms with Crippen LogP contribution in [0.2, 0.25) is 0 Å². The van der Waals surface area contributed by atoms with E-state index in [1.54, 1.807) is 0 Å². The lowest BCUT2D eigenvalue weighted by molar-refractivity contribution is 0.473. The smallest absolute Gasteiger partial charge is 0.115 e. The lowest BCUT2D eigenvalue weighted by Crippen LogP contribution is -2.08. The summed E-state index contributed by atoms with van der Waals surface area (Å²) >= 11 is 0. The summed E-state index contributed by atoms with van der Waals surface area (Å²) in [5.74, 6) is 1.01. The van der Waals surface area contributed by atoms with Crippen molar-refractivity contribution in [2.24, 2.45) is 0 Å². The molecule has 0 aromatic heterocycles. The molecule has 0 aliphatic carbocycles. The standard InChI is InChI=1S/C26H38O2/c1-4-7-8-9-10-11-12-13-26(24-16-14-22(27)18-20(24)5-2)25-17-15-23(28)19-21(25)6-3/h14-19,26-28H,4-13H2,1-3H3. The van der Waals surface area contributed by atoms with E-state index in [-0.39, 0.29) is 0 Å². The second kappa shape index (κ2) is 11.8. The minimum atomic E-state index is 0.321. The molecule has 2 aromatic carbocycles. The van der Waals surface area contributed by atoms with Gasteiger partial charge in [0.25, 0.3) is 0 Å². The van der Waals surface area contributed by atoms with E-state index in [0.717, 1.165) is 19.3 Å². The van der Waals surface area contributed by atoms with Gasteiger partial charge in [0.05, 0.1) is 0 Å². The minimum Gasteiger partial charge on any atom is -0.508 e. The molecule has 2 rings (SSSR count). The van der Waals surface area contributed by atoms with Crippen molar-refractivity contribution in [3.05, 3.63) is 58.7 Å². The Balaban J connectivity index is 2.22. The van der Waals surface area contributed by atoms with E-state index in [1.165, 1.54) is 67.2 Å². The van der Waals surface area contributed by atoms with Crippen molar-refractivity contribution in [2.45, 2.75) is 90.9 Å². The molecule has 28 heavy (non-hydrogen) atoms. The van der Waals surface area contributed by atoms with Crippen molar-refractivity contribution in [1.82, 2.24) is 0 Å². The van der Waals surface area contributed by atoms with Gasteiger partial charge in [-0.05, 0) is 65.8 Å². The van der Waals surface area contributed by atoms with Crippen LogP contribution in [-0.2, 0) is 12.8 Å². The van der Waals surface area contributed by atoms with Crippen LogP contribution in [0.25, 0.3) is 0 Å². The van der Waals surface area contributed by atoms with Gasteiger partial charge in [-0.3, -0.25) is 0 Å². The van der Waals surface area contributed by atoms with Crippen LogP contribution in [0.15, 0.2) is 36.4 Å². The summed E-state index contributed by atoms with van der Waals surface area (Å²) in [6.45, 7) is 6.57. The fraction of sp³-hybridized carbons (Fsp3) is 0.538. The quantitative estimate of drug-likeness (QED) is 0.373. The Bertz CT molecular complexity index is 667. The molecule has 0 spiro atoms. The third-order valence-corrected chi connectivity index (χ3v) is 5.86. The number of unbranched alkanes of at least 4 members (excludes halogenated alkanes) is 6. The van der Waals surface area contributed by atoms with Crippen molar-refractivity contribution < 1.29 is 10.2 Å². The molecule has 0 radical (unpaired) electrons. The second-order valence-corrected chi connectivity index (χ2v) is 7.94. The van der Waals surface area contributed by atoms with E-state index in [4.69, 9.17) is 0 Å². The van der Waals surface area contributed by atoms with E-state index in [9.17, 15) is 10.2 Å². The molecule has 0 bridgehead atoms. The summed E-state index contributed by atoms with van der Waals surface area (Å²) in [6.07, 6.45) is 12.1. The van der Waals surface area contributed by atoms with Crippen LogP contribution < -0.4 is 0 Å². The molecular formula is C26H38O2. The zero-order chi connectivity index (χ0) is 20.4. The first-order chi connectivity index (χ1) is 13.6. The van der Waals surface area contributed by atoms with Crippen LogP contribution in [0, 0.1) is 0 Å². The number of aromatic hydroxyl groups is 2. The highest BCUT2D eigenvalue weighted by Crippen LogP contribution is 2.37. The molecule has 0 heterocycles. The number of benzene rings is 2. The van der Waals surface area contributed by atoms with Gasteiger partial charge in [0.2, 0.25) is 0 Å². The summed E-state index contributed by atoms with van der Waals surface area (Å²) in [6, 6.07) is 11.7. The van der Waals surface area contributed by atoms with E-state index >= 15 is 0 Å². The van der Waals surface area contributed by atoms with Crippen LogP contribution in [0.5, 0.6) is 11.5 Å². The Morgan fingerprint density at radius 2 is 1.11 bits per heavy atom. The summed E-state index contributed by atoms with van der Waals surface area (Å²) in [7, 11) is 0. The molecule has 0 amide bonds. The number of hydrogen-bond acceptors (Lipinski definition) is 2. The zero-order valence-electron chi connectivity index (χ0n) is 18.0. The summed E-state index contributed by atoms with van der Waals surface area (Å²) in [5.41, 5.74) is 5.10. The number of phenols is 2. The average Bonchev–Trinajstić information content (AvgIpc) is 2.70. The van der Waals surface area contributed by atoms with E-state index < -0.39 is 0 Å². The topological polar surface area (TPSA) is 40.5 Å². The van der Waals surface area contributed by atoms with Gasteiger partial charge in [0.1, 0.15) is 11.5 Å². The normalized spacial score (nSPS) is 11.3. The van der Waals surface area contributed by atoms with Crippen molar-refractivity contribution >= 4 is 0 Å². The van der Waals surface area contributed by atoms with Crippen molar-refractivity contribution in [3.8, 4) is 11.5 Å². The molecule has 0 aliphatic rings. The highest BCUT2D eigenvalue weighted by Gasteiger charge is 2.20. The Kier molecular flexibility index (Phi) is 9.40. The Labute approximate surface area is 171 Å². The van der Waals surface area contributed by atoms with Gasteiger partial charge >= 0.3 is 0 Å². The van der Waals surface area contributed by atoms with E-state index in [1.807, 2.05) is 24.3 Å². The van der Waals surface area contributed by atoms with Crippen molar-refractivity contribution in [2.75, 3.05) is 0 Å². The number of aryl methyl sites for hydroxylation is 2. The van der Waals surface area contributed by atoms with Gasteiger partial charge < -0.3 is 10.2 Å². The third kappa shape index (κ3) is 6.29. The largest absolute Gasteiger partial charge is 0.508 e. The molecule has 2 nitrogen and oxygen atoms in total. The summed E-state index contributed by atoms with van der Waals surface area (Å²) < 4.78 is 0. The maximum Gasteiger partial charge on any atom is 0.115 e. The first-order valence-electron chi connectivity index (χ1n) is 11.2. The van der Waals surface area contributed by atoms with Crippen LogP contribution in [-0.4, -0.2) is 10.2 Å². The predicted octanol–water partition coefficient (Wildman–Crippen LogP) is 7.50. The lowest BCUT2D eigenvalue weighted by Gasteiger charge is -2.24. The van der Waals surface area contributed by atoms with Gasteiger partial charge in [-0.2, -0.15) is 0 Å². The van der Waals surface area contributed by atoms with E-state index in [2.05, 4.69) is 32.9 Å². The van der Waals surface area contributed by atoms with Gasteiger partial charge in [-0.15, -0.1) is 0 Å². The monoisotopic (exact) mass is 382 g/mol.